The first-order valence-electron chi connectivity index (χ1n) is 9.17. The Hall–Kier alpha value is -1.45. The largest absolute Gasteiger partial charge is 0.481 e. The fourth-order valence-electron chi connectivity index (χ4n) is 2.36. The molecule has 24 heavy (non-hydrogen) atoms. The number of aliphatic hydroxyl groups excluding tert-OH is 1. The van der Waals surface area contributed by atoms with Gasteiger partial charge in [0.05, 0.1) is 6.10 Å². The Morgan fingerprint density at radius 3 is 2.25 bits per heavy atom. The average Bonchev–Trinajstić information content (AvgIpc) is 2.54. The van der Waals surface area contributed by atoms with Crippen LogP contribution in [0.3, 0.4) is 0 Å². The number of rotatable bonds is 15. The van der Waals surface area contributed by atoms with Gasteiger partial charge in [0.25, 0.3) is 0 Å². The molecule has 0 unspecified atom stereocenters. The van der Waals surface area contributed by atoms with Gasteiger partial charge in [-0.3, -0.25) is 4.79 Å². The number of hydrogen-bond acceptors (Lipinski definition) is 4. The van der Waals surface area contributed by atoms with E-state index in [1.807, 2.05) is 0 Å². The van der Waals surface area contributed by atoms with Crippen LogP contribution in [0.25, 0.3) is 0 Å². The number of carboxylic acid groups (broad SMARTS) is 1. The fraction of sp³-hybridized carbons (Fsp3) is 0.789. The monoisotopic (exact) mass is 341 g/mol. The molecule has 0 saturated carbocycles. The molecule has 0 heterocycles. The molecule has 0 saturated heterocycles. The highest BCUT2D eigenvalue weighted by molar-refractivity contribution is 5.66. The molecule has 0 spiro atoms. The summed E-state index contributed by atoms with van der Waals surface area (Å²) in [6.07, 6.45) is 18.1. The van der Waals surface area contributed by atoms with E-state index in [0.717, 1.165) is 57.4 Å². The summed E-state index contributed by atoms with van der Waals surface area (Å²) in [5, 5.41) is 23.7. The van der Waals surface area contributed by atoms with Gasteiger partial charge in [0, 0.05) is 6.42 Å². The van der Waals surface area contributed by atoms with Gasteiger partial charge in [0.15, 0.2) is 0 Å². The van der Waals surface area contributed by atoms with Gasteiger partial charge in [-0.15, -0.1) is 0 Å². The number of carboxylic acids is 1. The number of aliphatic carboxylic acids is 1. The van der Waals surface area contributed by atoms with Crippen molar-refractivity contribution in [2.24, 2.45) is 0 Å². The zero-order valence-corrected chi connectivity index (χ0v) is 15.1. The van der Waals surface area contributed by atoms with Crippen LogP contribution in [-0.2, 0) is 9.59 Å². The number of isocyanates is 1. The van der Waals surface area contributed by atoms with Crippen molar-refractivity contribution in [1.29, 1.82) is 5.41 Å². The zero-order valence-electron chi connectivity index (χ0n) is 15.1. The molecule has 0 aromatic rings. The zero-order chi connectivity index (χ0) is 18.5. The summed E-state index contributed by atoms with van der Waals surface area (Å²) in [6, 6.07) is 0. The fourth-order valence-corrected chi connectivity index (χ4v) is 2.36. The second kappa shape index (κ2) is 21.6. The summed E-state index contributed by atoms with van der Waals surface area (Å²) in [7, 11) is 0. The van der Waals surface area contributed by atoms with Crippen LogP contribution >= 0.6 is 0 Å². The van der Waals surface area contributed by atoms with Crippen molar-refractivity contribution < 1.29 is 19.8 Å². The first-order valence-corrected chi connectivity index (χ1v) is 9.17. The molecule has 140 valence electrons. The van der Waals surface area contributed by atoms with Crippen molar-refractivity contribution in [3.05, 3.63) is 12.2 Å². The molecule has 5 heteroatoms. The third kappa shape index (κ3) is 25.5. The SMILES string of the molecule is CCCCCC[C@@H](O)C/C=C\CCCCCCCC(=O)O.N=C=O. The van der Waals surface area contributed by atoms with Crippen LogP contribution in [0.15, 0.2) is 12.2 Å². The van der Waals surface area contributed by atoms with Crippen molar-refractivity contribution >= 4 is 12.0 Å². The lowest BCUT2D eigenvalue weighted by molar-refractivity contribution is -0.137. The number of carbonyl (C=O) groups is 1. The van der Waals surface area contributed by atoms with E-state index in [1.165, 1.54) is 25.7 Å². The minimum atomic E-state index is -0.689. The normalized spacial score (nSPS) is 11.6. The molecule has 0 aliphatic rings. The molecule has 0 aromatic carbocycles. The molecule has 0 fully saturated rings. The molecule has 5 nitrogen and oxygen atoms in total. The van der Waals surface area contributed by atoms with E-state index in [-0.39, 0.29) is 6.10 Å². The lowest BCUT2D eigenvalue weighted by atomic mass is 10.1. The number of hydrogen-bond donors (Lipinski definition) is 3. The molecule has 0 rings (SSSR count). The summed E-state index contributed by atoms with van der Waals surface area (Å²) in [5.74, 6) is -0.689. The maximum Gasteiger partial charge on any atom is 0.303 e. The highest BCUT2D eigenvalue weighted by Gasteiger charge is 2.00. The van der Waals surface area contributed by atoms with E-state index in [4.69, 9.17) is 15.3 Å². The predicted octanol–water partition coefficient (Wildman–Crippen LogP) is 4.98. The highest BCUT2D eigenvalue weighted by atomic mass is 16.4. The van der Waals surface area contributed by atoms with Crippen LogP contribution in [0.4, 0.5) is 0 Å². The Morgan fingerprint density at radius 1 is 1.04 bits per heavy atom. The smallest absolute Gasteiger partial charge is 0.303 e. The third-order valence-corrected chi connectivity index (χ3v) is 3.73. The number of allylic oxidation sites excluding steroid dienone is 1. The van der Waals surface area contributed by atoms with Crippen molar-refractivity contribution in [3.63, 3.8) is 0 Å². The van der Waals surface area contributed by atoms with Crippen LogP contribution in [0.1, 0.15) is 90.4 Å². The molecule has 1 atom stereocenters. The maximum absolute atomic E-state index is 10.3. The van der Waals surface area contributed by atoms with E-state index in [1.54, 1.807) is 0 Å². The lowest BCUT2D eigenvalue weighted by Crippen LogP contribution is -2.04. The van der Waals surface area contributed by atoms with E-state index in [0.29, 0.717) is 6.42 Å². The van der Waals surface area contributed by atoms with Gasteiger partial charge < -0.3 is 10.2 Å². The Morgan fingerprint density at radius 2 is 1.62 bits per heavy atom. The second-order valence-corrected chi connectivity index (χ2v) is 6.01. The number of aliphatic hydroxyl groups is 1. The molecule has 3 N–H and O–H groups in total. The van der Waals surface area contributed by atoms with Gasteiger partial charge in [-0.25, -0.2) is 10.2 Å². The minimum Gasteiger partial charge on any atom is -0.481 e. The van der Waals surface area contributed by atoms with Gasteiger partial charge >= 0.3 is 5.97 Å². The number of unbranched alkanes of at least 4 members (excludes halogenated alkanes) is 8. The van der Waals surface area contributed by atoms with Gasteiger partial charge in [0.2, 0.25) is 6.08 Å². The molecular formula is C19H35NO4. The molecule has 0 aliphatic heterocycles. The van der Waals surface area contributed by atoms with Crippen molar-refractivity contribution in [1.82, 2.24) is 0 Å². The van der Waals surface area contributed by atoms with Crippen molar-refractivity contribution in [2.45, 2.75) is 96.5 Å². The second-order valence-electron chi connectivity index (χ2n) is 6.01. The molecule has 0 aliphatic carbocycles. The molecule has 0 aromatic heterocycles. The number of carbonyl (C=O) groups excluding carboxylic acids is 1. The van der Waals surface area contributed by atoms with Gasteiger partial charge in [-0.1, -0.05) is 64.0 Å². The van der Waals surface area contributed by atoms with Crippen molar-refractivity contribution in [2.75, 3.05) is 0 Å². The van der Waals surface area contributed by atoms with E-state index in [2.05, 4.69) is 19.1 Å². The van der Waals surface area contributed by atoms with Crippen LogP contribution < -0.4 is 0 Å². The summed E-state index contributed by atoms with van der Waals surface area (Å²) >= 11 is 0. The average molecular weight is 341 g/mol. The Balaban J connectivity index is 0. The van der Waals surface area contributed by atoms with Gasteiger partial charge in [-0.05, 0) is 32.1 Å². The lowest BCUT2D eigenvalue weighted by Gasteiger charge is -2.07. The Labute approximate surface area is 146 Å². The van der Waals surface area contributed by atoms with E-state index < -0.39 is 5.97 Å². The third-order valence-electron chi connectivity index (χ3n) is 3.73. The highest BCUT2D eigenvalue weighted by Crippen LogP contribution is 2.10. The summed E-state index contributed by atoms with van der Waals surface area (Å²) < 4.78 is 0. The standard InChI is InChI=1S/C18H34O3.CHNO/c1-2-3-4-11-14-17(19)15-12-9-7-5-6-8-10-13-16-18(20)21;2-1-3/h9,12,17,19H,2-8,10-11,13-16H2,1H3,(H,20,21);2H/b12-9-;/t17-;/m1./s1. The quantitative estimate of drug-likeness (QED) is 0.169. The number of nitrogens with one attached hydrogen (secondary N) is 1. The maximum atomic E-state index is 10.3. The molecular weight excluding hydrogens is 306 g/mol. The topological polar surface area (TPSA) is 98.4 Å². The summed E-state index contributed by atoms with van der Waals surface area (Å²) in [5.41, 5.74) is 0. The van der Waals surface area contributed by atoms with Gasteiger partial charge in [-0.2, -0.15) is 0 Å². The van der Waals surface area contributed by atoms with Crippen LogP contribution in [0.2, 0.25) is 0 Å². The van der Waals surface area contributed by atoms with Crippen LogP contribution in [0, 0.1) is 5.41 Å². The summed E-state index contributed by atoms with van der Waals surface area (Å²) in [6.45, 7) is 2.20. The molecule has 0 radical (unpaired) electrons. The van der Waals surface area contributed by atoms with Crippen molar-refractivity contribution in [3.8, 4) is 0 Å². The Kier molecular flexibility index (Phi) is 22.3. The first-order chi connectivity index (χ1) is 11.6. The van der Waals surface area contributed by atoms with Crippen LogP contribution in [-0.4, -0.2) is 28.4 Å². The van der Waals surface area contributed by atoms with E-state index in [9.17, 15) is 9.90 Å². The minimum absolute atomic E-state index is 0.172. The first kappa shape index (κ1) is 24.8. The summed E-state index contributed by atoms with van der Waals surface area (Å²) in [4.78, 5) is 18.7. The Bertz CT molecular complexity index is 336. The molecule has 0 amide bonds. The van der Waals surface area contributed by atoms with Gasteiger partial charge in [0.1, 0.15) is 0 Å². The van der Waals surface area contributed by atoms with E-state index >= 15 is 0 Å². The molecule has 0 bridgehead atoms. The van der Waals surface area contributed by atoms with Crippen LogP contribution in [0.5, 0.6) is 0 Å². The predicted molar refractivity (Wildman–Crippen MR) is 96.9 cm³/mol.